The third-order valence-corrected chi connectivity index (χ3v) is 6.02. The predicted molar refractivity (Wildman–Crippen MR) is 92.3 cm³/mol. The Labute approximate surface area is 148 Å². The van der Waals surface area contributed by atoms with Crippen LogP contribution in [0.25, 0.3) is 0 Å². The highest BCUT2D eigenvalue weighted by Gasteiger charge is 2.31. The molecule has 1 saturated heterocycles. The number of carbonyl (C=O) groups is 1. The van der Waals surface area contributed by atoms with Crippen molar-refractivity contribution in [1.82, 2.24) is 9.62 Å². The molecule has 1 aromatic carbocycles. The molecule has 0 radical (unpaired) electrons. The number of rotatable bonds is 6. The number of nitrogens with zero attached hydrogens (tertiary/aromatic N) is 1. The minimum absolute atomic E-state index is 0.00745. The topological polar surface area (TPSA) is 84.9 Å². The van der Waals surface area contributed by atoms with Crippen molar-refractivity contribution in [2.24, 2.45) is 0 Å². The molecule has 2 fully saturated rings. The van der Waals surface area contributed by atoms with Gasteiger partial charge in [-0.15, -0.1) is 0 Å². The van der Waals surface area contributed by atoms with Crippen molar-refractivity contribution in [2.45, 2.75) is 43.2 Å². The summed E-state index contributed by atoms with van der Waals surface area (Å²) in [6.45, 7) is 3.53. The average Bonchev–Trinajstić information content (AvgIpc) is 3.43. The first-order chi connectivity index (χ1) is 11.9. The Hall–Kier alpha value is -1.64. The maximum Gasteiger partial charge on any atom is 0.254 e. The maximum atomic E-state index is 12.8. The van der Waals surface area contributed by atoms with Gasteiger partial charge in [-0.25, -0.2) is 13.1 Å². The van der Waals surface area contributed by atoms with Crippen LogP contribution in [0.5, 0.6) is 5.75 Å². The first-order valence-corrected chi connectivity index (χ1v) is 10.0. The summed E-state index contributed by atoms with van der Waals surface area (Å²) < 4.78 is 38.6. The van der Waals surface area contributed by atoms with Crippen LogP contribution in [0.3, 0.4) is 0 Å². The SMILES string of the molecule is CCC1CN(C(=O)c2ccc(OC)c(S(=O)(=O)NC3CC3)c2)CCO1. The van der Waals surface area contributed by atoms with Gasteiger partial charge in [0.1, 0.15) is 10.6 Å². The highest BCUT2D eigenvalue weighted by Crippen LogP contribution is 2.29. The van der Waals surface area contributed by atoms with Crippen LogP contribution in [0.1, 0.15) is 36.5 Å². The minimum atomic E-state index is -3.71. The number of sulfonamides is 1. The van der Waals surface area contributed by atoms with Gasteiger partial charge in [0.25, 0.3) is 5.91 Å². The lowest BCUT2D eigenvalue weighted by Gasteiger charge is -2.32. The predicted octanol–water partition coefficient (Wildman–Crippen LogP) is 1.39. The van der Waals surface area contributed by atoms with Crippen LogP contribution in [0, 0.1) is 0 Å². The van der Waals surface area contributed by atoms with Crippen molar-refractivity contribution in [3.05, 3.63) is 23.8 Å². The minimum Gasteiger partial charge on any atom is -0.495 e. The van der Waals surface area contributed by atoms with E-state index in [1.165, 1.54) is 19.2 Å². The monoisotopic (exact) mass is 368 g/mol. The van der Waals surface area contributed by atoms with Gasteiger partial charge in [0, 0.05) is 24.7 Å². The summed E-state index contributed by atoms with van der Waals surface area (Å²) >= 11 is 0. The van der Waals surface area contributed by atoms with E-state index in [4.69, 9.17) is 9.47 Å². The number of methoxy groups -OCH3 is 1. The summed E-state index contributed by atoms with van der Waals surface area (Å²) in [5, 5.41) is 0. The maximum absolute atomic E-state index is 12.8. The molecule has 1 aliphatic carbocycles. The van der Waals surface area contributed by atoms with Crippen LogP contribution < -0.4 is 9.46 Å². The molecule has 3 rings (SSSR count). The summed E-state index contributed by atoms with van der Waals surface area (Å²) in [6, 6.07) is 4.53. The molecule has 1 heterocycles. The molecule has 1 atom stereocenters. The number of hydrogen-bond acceptors (Lipinski definition) is 5. The van der Waals surface area contributed by atoms with Crippen molar-refractivity contribution in [3.8, 4) is 5.75 Å². The summed E-state index contributed by atoms with van der Waals surface area (Å²) in [5.74, 6) is 0.0467. The van der Waals surface area contributed by atoms with Gasteiger partial charge in [-0.1, -0.05) is 6.92 Å². The second-order valence-electron chi connectivity index (χ2n) is 6.41. The first kappa shape index (κ1) is 18.2. The Morgan fingerprint density at radius 3 is 2.80 bits per heavy atom. The Kier molecular flexibility index (Phi) is 5.31. The molecule has 2 aliphatic rings. The van der Waals surface area contributed by atoms with Crippen molar-refractivity contribution in [2.75, 3.05) is 26.8 Å². The van der Waals surface area contributed by atoms with Crippen molar-refractivity contribution in [3.63, 3.8) is 0 Å². The first-order valence-electron chi connectivity index (χ1n) is 8.56. The van der Waals surface area contributed by atoms with Crippen LogP contribution in [0.15, 0.2) is 23.1 Å². The fraction of sp³-hybridized carbons (Fsp3) is 0.588. The van der Waals surface area contributed by atoms with Crippen LogP contribution in [-0.2, 0) is 14.8 Å². The molecule has 8 heteroatoms. The molecule has 1 saturated carbocycles. The van der Waals surface area contributed by atoms with Gasteiger partial charge >= 0.3 is 0 Å². The van der Waals surface area contributed by atoms with Gasteiger partial charge in [0.2, 0.25) is 10.0 Å². The van der Waals surface area contributed by atoms with E-state index in [0.29, 0.717) is 25.3 Å². The van der Waals surface area contributed by atoms with Gasteiger partial charge in [-0.05, 0) is 37.5 Å². The Morgan fingerprint density at radius 2 is 2.16 bits per heavy atom. The number of morpholine rings is 1. The van der Waals surface area contributed by atoms with E-state index in [2.05, 4.69) is 4.72 Å². The molecule has 1 aromatic rings. The van der Waals surface area contributed by atoms with E-state index in [1.807, 2.05) is 6.92 Å². The van der Waals surface area contributed by atoms with E-state index in [0.717, 1.165) is 19.3 Å². The van der Waals surface area contributed by atoms with Crippen LogP contribution >= 0.6 is 0 Å². The zero-order chi connectivity index (χ0) is 18.0. The van der Waals surface area contributed by atoms with Crippen molar-refractivity contribution in [1.29, 1.82) is 0 Å². The van der Waals surface area contributed by atoms with E-state index >= 15 is 0 Å². The van der Waals surface area contributed by atoms with Crippen molar-refractivity contribution >= 4 is 15.9 Å². The highest BCUT2D eigenvalue weighted by atomic mass is 32.2. The Balaban J connectivity index is 1.87. The average molecular weight is 368 g/mol. The number of ether oxygens (including phenoxy) is 2. The summed E-state index contributed by atoms with van der Waals surface area (Å²) in [7, 11) is -2.29. The molecule has 1 unspecified atom stereocenters. The summed E-state index contributed by atoms with van der Waals surface area (Å²) in [6.07, 6.45) is 2.53. The van der Waals surface area contributed by atoms with Crippen LogP contribution in [0.2, 0.25) is 0 Å². The molecule has 1 aliphatic heterocycles. The van der Waals surface area contributed by atoms with E-state index in [1.54, 1.807) is 11.0 Å². The van der Waals surface area contributed by atoms with Gasteiger partial charge in [-0.2, -0.15) is 0 Å². The standard InChI is InChI=1S/C17H24N2O5S/c1-3-14-11-19(8-9-24-14)17(20)12-4-7-15(23-2)16(10-12)25(21,22)18-13-5-6-13/h4,7,10,13-14,18H,3,5-6,8-9,11H2,1-2H3. The zero-order valence-corrected chi connectivity index (χ0v) is 15.3. The normalized spacial score (nSPS) is 21.2. The van der Waals surface area contributed by atoms with E-state index in [-0.39, 0.29) is 28.7 Å². The Bertz CT molecular complexity index is 745. The van der Waals surface area contributed by atoms with Crippen LogP contribution in [-0.4, -0.2) is 58.2 Å². The molecular formula is C17H24N2O5S. The number of benzene rings is 1. The molecule has 1 N–H and O–H groups in total. The lowest BCUT2D eigenvalue weighted by molar-refractivity contribution is -0.0226. The van der Waals surface area contributed by atoms with Gasteiger partial charge in [0.05, 0.1) is 19.8 Å². The highest BCUT2D eigenvalue weighted by molar-refractivity contribution is 7.89. The number of nitrogens with one attached hydrogen (secondary N) is 1. The molecule has 7 nitrogen and oxygen atoms in total. The lowest BCUT2D eigenvalue weighted by atomic mass is 10.1. The van der Waals surface area contributed by atoms with E-state index < -0.39 is 10.0 Å². The van der Waals surface area contributed by atoms with Crippen LogP contribution in [0.4, 0.5) is 0 Å². The molecule has 0 bridgehead atoms. The fourth-order valence-electron chi connectivity index (χ4n) is 2.84. The van der Waals surface area contributed by atoms with Gasteiger partial charge in [-0.3, -0.25) is 4.79 Å². The van der Waals surface area contributed by atoms with Gasteiger partial charge < -0.3 is 14.4 Å². The molecular weight excluding hydrogens is 344 g/mol. The third kappa shape index (κ3) is 4.13. The molecule has 25 heavy (non-hydrogen) atoms. The lowest BCUT2D eigenvalue weighted by Crippen LogP contribution is -2.45. The number of carbonyl (C=O) groups excluding carboxylic acids is 1. The molecule has 1 amide bonds. The molecule has 138 valence electrons. The molecule has 0 spiro atoms. The second kappa shape index (κ2) is 7.31. The van der Waals surface area contributed by atoms with Crippen molar-refractivity contribution < 1.29 is 22.7 Å². The smallest absolute Gasteiger partial charge is 0.254 e. The van der Waals surface area contributed by atoms with E-state index in [9.17, 15) is 13.2 Å². The molecule has 0 aromatic heterocycles. The summed E-state index contributed by atoms with van der Waals surface area (Å²) in [4.78, 5) is 14.5. The number of hydrogen-bond donors (Lipinski definition) is 1. The quantitative estimate of drug-likeness (QED) is 0.820. The third-order valence-electron chi connectivity index (χ3n) is 4.48. The largest absolute Gasteiger partial charge is 0.495 e. The Morgan fingerprint density at radius 1 is 1.40 bits per heavy atom. The summed E-state index contributed by atoms with van der Waals surface area (Å²) in [5.41, 5.74) is 0.341. The second-order valence-corrected chi connectivity index (χ2v) is 8.10. The van der Waals surface area contributed by atoms with Gasteiger partial charge in [0.15, 0.2) is 0 Å². The fourth-order valence-corrected chi connectivity index (χ4v) is 4.34. The zero-order valence-electron chi connectivity index (χ0n) is 14.5. The number of amides is 1.